The first-order chi connectivity index (χ1) is 9.65. The Morgan fingerprint density at radius 3 is 2.15 bits per heavy atom. The van der Waals surface area contributed by atoms with E-state index >= 15 is 0 Å². The number of hydrogen-bond donors (Lipinski definition) is 1. The second-order valence-electron chi connectivity index (χ2n) is 5.45. The van der Waals surface area contributed by atoms with Crippen LogP contribution in [0, 0.1) is 11.6 Å². The highest BCUT2D eigenvalue weighted by Crippen LogP contribution is 2.23. The third-order valence-corrected chi connectivity index (χ3v) is 3.65. The third kappa shape index (κ3) is 6.47. The van der Waals surface area contributed by atoms with Gasteiger partial charge in [-0.2, -0.15) is 0 Å². The Bertz CT molecular complexity index is 379. The lowest BCUT2D eigenvalue weighted by molar-refractivity contribution is 0.158. The standard InChI is InChI=1S/C17H26F2O/c1-2-3-4-5-6-7-8-9-10-17(20)15-12-11-14(18)13-16(15)19/h11-13,17,20H,2-10H2,1H3. The molecular formula is C17H26F2O. The second-order valence-corrected chi connectivity index (χ2v) is 5.45. The van der Waals surface area contributed by atoms with Crippen LogP contribution in [0.2, 0.25) is 0 Å². The number of rotatable bonds is 10. The van der Waals surface area contributed by atoms with Crippen LogP contribution < -0.4 is 0 Å². The van der Waals surface area contributed by atoms with Gasteiger partial charge in [0.2, 0.25) is 0 Å². The van der Waals surface area contributed by atoms with Crippen LogP contribution in [0.5, 0.6) is 0 Å². The number of aliphatic hydroxyl groups is 1. The fourth-order valence-corrected chi connectivity index (χ4v) is 2.40. The number of aliphatic hydroxyl groups excluding tert-OH is 1. The minimum atomic E-state index is -0.823. The molecule has 1 N–H and O–H groups in total. The number of unbranched alkanes of at least 4 members (excludes halogenated alkanes) is 7. The van der Waals surface area contributed by atoms with Crippen molar-refractivity contribution in [3.8, 4) is 0 Å². The zero-order valence-corrected chi connectivity index (χ0v) is 12.4. The van der Waals surface area contributed by atoms with E-state index in [0.29, 0.717) is 6.42 Å². The molecule has 0 saturated heterocycles. The largest absolute Gasteiger partial charge is 0.388 e. The Labute approximate surface area is 121 Å². The number of hydrogen-bond acceptors (Lipinski definition) is 1. The molecule has 3 heteroatoms. The van der Waals surface area contributed by atoms with E-state index in [1.807, 2.05) is 0 Å². The molecule has 0 spiro atoms. The van der Waals surface area contributed by atoms with Gasteiger partial charge in [0, 0.05) is 11.6 Å². The first-order valence-electron chi connectivity index (χ1n) is 7.78. The van der Waals surface area contributed by atoms with E-state index in [4.69, 9.17) is 0 Å². The predicted molar refractivity (Wildman–Crippen MR) is 78.5 cm³/mol. The van der Waals surface area contributed by atoms with Crippen LogP contribution in [-0.2, 0) is 0 Å². The summed E-state index contributed by atoms with van der Waals surface area (Å²) in [5.74, 6) is -1.26. The molecule has 0 aliphatic rings. The monoisotopic (exact) mass is 284 g/mol. The molecule has 1 aromatic carbocycles. The topological polar surface area (TPSA) is 20.2 Å². The number of halogens is 2. The molecule has 0 aromatic heterocycles. The summed E-state index contributed by atoms with van der Waals surface area (Å²) in [6, 6.07) is 3.35. The molecule has 0 heterocycles. The van der Waals surface area contributed by atoms with Crippen LogP contribution >= 0.6 is 0 Å². The van der Waals surface area contributed by atoms with Crippen molar-refractivity contribution in [2.45, 2.75) is 70.8 Å². The molecule has 114 valence electrons. The summed E-state index contributed by atoms with van der Waals surface area (Å²) in [4.78, 5) is 0. The summed E-state index contributed by atoms with van der Waals surface area (Å²) in [7, 11) is 0. The zero-order chi connectivity index (χ0) is 14.8. The molecule has 1 aromatic rings. The lowest BCUT2D eigenvalue weighted by atomic mass is 10.0. The lowest BCUT2D eigenvalue weighted by Crippen LogP contribution is -2.01. The van der Waals surface area contributed by atoms with Gasteiger partial charge in [0.25, 0.3) is 0 Å². The van der Waals surface area contributed by atoms with Crippen LogP contribution in [0.1, 0.15) is 76.4 Å². The van der Waals surface area contributed by atoms with E-state index in [-0.39, 0.29) is 5.56 Å². The summed E-state index contributed by atoms with van der Waals surface area (Å²) in [6.45, 7) is 2.20. The Kier molecular flexibility index (Phi) is 8.43. The van der Waals surface area contributed by atoms with Crippen molar-refractivity contribution < 1.29 is 13.9 Å². The van der Waals surface area contributed by atoms with Crippen LogP contribution in [0.4, 0.5) is 8.78 Å². The molecular weight excluding hydrogens is 258 g/mol. The molecule has 1 unspecified atom stereocenters. The lowest BCUT2D eigenvalue weighted by Gasteiger charge is -2.11. The highest BCUT2D eigenvalue weighted by atomic mass is 19.1. The quantitative estimate of drug-likeness (QED) is 0.560. The van der Waals surface area contributed by atoms with Gasteiger partial charge < -0.3 is 5.11 Å². The van der Waals surface area contributed by atoms with Crippen molar-refractivity contribution >= 4 is 0 Å². The van der Waals surface area contributed by atoms with E-state index in [2.05, 4.69) is 6.92 Å². The first kappa shape index (κ1) is 17.1. The summed E-state index contributed by atoms with van der Waals surface area (Å²) in [6.07, 6.45) is 9.22. The average Bonchev–Trinajstić information content (AvgIpc) is 2.41. The van der Waals surface area contributed by atoms with E-state index in [1.165, 1.54) is 50.7 Å². The highest BCUT2D eigenvalue weighted by Gasteiger charge is 2.12. The minimum absolute atomic E-state index is 0.203. The molecule has 0 saturated carbocycles. The second kappa shape index (κ2) is 9.87. The van der Waals surface area contributed by atoms with Gasteiger partial charge in [-0.25, -0.2) is 8.78 Å². The normalized spacial score (nSPS) is 12.6. The highest BCUT2D eigenvalue weighted by molar-refractivity contribution is 5.20. The van der Waals surface area contributed by atoms with Crippen LogP contribution in [-0.4, -0.2) is 5.11 Å². The van der Waals surface area contributed by atoms with Gasteiger partial charge in [-0.1, -0.05) is 64.4 Å². The molecule has 20 heavy (non-hydrogen) atoms. The fourth-order valence-electron chi connectivity index (χ4n) is 2.40. The molecule has 0 fully saturated rings. The maximum atomic E-state index is 13.4. The van der Waals surface area contributed by atoms with Gasteiger partial charge in [-0.3, -0.25) is 0 Å². The maximum Gasteiger partial charge on any atom is 0.131 e. The molecule has 0 aliphatic carbocycles. The molecule has 1 rings (SSSR count). The zero-order valence-electron chi connectivity index (χ0n) is 12.4. The molecule has 0 aliphatic heterocycles. The van der Waals surface area contributed by atoms with Gasteiger partial charge in [0.1, 0.15) is 11.6 Å². The Hall–Kier alpha value is -0.960. The van der Waals surface area contributed by atoms with E-state index < -0.39 is 17.7 Å². The van der Waals surface area contributed by atoms with Gasteiger partial charge in [-0.05, 0) is 12.5 Å². The van der Waals surface area contributed by atoms with Crippen LogP contribution in [0.15, 0.2) is 18.2 Å². The van der Waals surface area contributed by atoms with E-state index in [9.17, 15) is 13.9 Å². The van der Waals surface area contributed by atoms with Crippen molar-refractivity contribution in [2.75, 3.05) is 0 Å². The molecule has 0 bridgehead atoms. The van der Waals surface area contributed by atoms with Crippen molar-refractivity contribution in [1.82, 2.24) is 0 Å². The van der Waals surface area contributed by atoms with E-state index in [1.54, 1.807) is 0 Å². The number of benzene rings is 1. The molecule has 1 nitrogen and oxygen atoms in total. The Balaban J connectivity index is 2.15. The third-order valence-electron chi connectivity index (χ3n) is 3.65. The predicted octanol–water partition coefficient (Wildman–Crippen LogP) is 5.53. The van der Waals surface area contributed by atoms with Crippen molar-refractivity contribution in [2.24, 2.45) is 0 Å². The van der Waals surface area contributed by atoms with E-state index in [0.717, 1.165) is 18.9 Å². The van der Waals surface area contributed by atoms with Gasteiger partial charge in [0.05, 0.1) is 6.10 Å². The summed E-state index contributed by atoms with van der Waals surface area (Å²) >= 11 is 0. The SMILES string of the molecule is CCCCCCCCCCC(O)c1ccc(F)cc1F. The Morgan fingerprint density at radius 2 is 1.55 bits per heavy atom. The van der Waals surface area contributed by atoms with Crippen molar-refractivity contribution in [3.05, 3.63) is 35.4 Å². The molecule has 1 atom stereocenters. The molecule has 0 amide bonds. The summed E-state index contributed by atoms with van der Waals surface area (Å²) in [5, 5.41) is 9.90. The molecule has 0 radical (unpaired) electrons. The summed E-state index contributed by atoms with van der Waals surface area (Å²) in [5.41, 5.74) is 0.203. The van der Waals surface area contributed by atoms with Gasteiger partial charge in [-0.15, -0.1) is 0 Å². The van der Waals surface area contributed by atoms with Gasteiger partial charge in [0.15, 0.2) is 0 Å². The van der Waals surface area contributed by atoms with Crippen molar-refractivity contribution in [3.63, 3.8) is 0 Å². The van der Waals surface area contributed by atoms with Crippen LogP contribution in [0.3, 0.4) is 0 Å². The summed E-state index contributed by atoms with van der Waals surface area (Å²) < 4.78 is 26.2. The smallest absolute Gasteiger partial charge is 0.131 e. The minimum Gasteiger partial charge on any atom is -0.388 e. The Morgan fingerprint density at radius 1 is 0.950 bits per heavy atom. The average molecular weight is 284 g/mol. The van der Waals surface area contributed by atoms with Gasteiger partial charge >= 0.3 is 0 Å². The first-order valence-corrected chi connectivity index (χ1v) is 7.78. The van der Waals surface area contributed by atoms with Crippen LogP contribution in [0.25, 0.3) is 0 Å². The maximum absolute atomic E-state index is 13.4. The fraction of sp³-hybridized carbons (Fsp3) is 0.647. The van der Waals surface area contributed by atoms with Crippen molar-refractivity contribution in [1.29, 1.82) is 0 Å².